The van der Waals surface area contributed by atoms with Crippen LogP contribution in [0.1, 0.15) is 25.5 Å². The molecule has 174 valence electrons. The number of hydrogen-bond acceptors (Lipinski definition) is 5. The fraction of sp³-hybridized carbons (Fsp3) is 0.360. The number of carboxylic acids is 1. The van der Waals surface area contributed by atoms with Gasteiger partial charge in [-0.1, -0.05) is 26.0 Å². The summed E-state index contributed by atoms with van der Waals surface area (Å²) >= 11 is 0. The van der Waals surface area contributed by atoms with E-state index in [1.807, 2.05) is 61.2 Å². The van der Waals surface area contributed by atoms with Crippen molar-refractivity contribution in [1.82, 2.24) is 9.88 Å². The van der Waals surface area contributed by atoms with Crippen molar-refractivity contribution in [2.45, 2.75) is 19.9 Å². The van der Waals surface area contributed by atoms with Crippen molar-refractivity contribution >= 4 is 34.2 Å². The molecular weight excluding hydrogens is 420 g/mol. The highest BCUT2D eigenvalue weighted by molar-refractivity contribution is 5.96. The molecular formula is C25H30N4O4. The Morgan fingerprint density at radius 3 is 2.48 bits per heavy atom. The van der Waals surface area contributed by atoms with Gasteiger partial charge in [-0.2, -0.15) is 0 Å². The van der Waals surface area contributed by atoms with Crippen molar-refractivity contribution in [3.8, 4) is 5.75 Å². The van der Waals surface area contributed by atoms with Crippen LogP contribution in [0.2, 0.25) is 0 Å². The van der Waals surface area contributed by atoms with E-state index in [4.69, 9.17) is 4.74 Å². The summed E-state index contributed by atoms with van der Waals surface area (Å²) in [4.78, 5) is 31.9. The van der Waals surface area contributed by atoms with Gasteiger partial charge in [-0.05, 0) is 30.3 Å². The third-order valence-electron chi connectivity index (χ3n) is 6.14. The van der Waals surface area contributed by atoms with Crippen LogP contribution in [-0.4, -0.2) is 60.2 Å². The van der Waals surface area contributed by atoms with Gasteiger partial charge in [-0.25, -0.2) is 0 Å². The van der Waals surface area contributed by atoms with Crippen LogP contribution in [0.3, 0.4) is 0 Å². The number of carbonyl (C=O) groups excluding carboxylic acids is 1. The summed E-state index contributed by atoms with van der Waals surface area (Å²) in [6.45, 7) is 6.27. The van der Waals surface area contributed by atoms with Crippen LogP contribution >= 0.6 is 0 Å². The number of amides is 1. The van der Waals surface area contributed by atoms with Crippen molar-refractivity contribution in [2.75, 3.05) is 43.5 Å². The summed E-state index contributed by atoms with van der Waals surface area (Å²) in [5.41, 5.74) is 3.21. The molecule has 2 aromatic carbocycles. The van der Waals surface area contributed by atoms with Crippen LogP contribution < -0.4 is 15.0 Å². The summed E-state index contributed by atoms with van der Waals surface area (Å²) in [6, 6.07) is 12.6. The van der Waals surface area contributed by atoms with E-state index in [-0.39, 0.29) is 11.8 Å². The minimum Gasteiger partial charge on any atom is -0.495 e. The molecule has 8 nitrogen and oxygen atoms in total. The molecule has 1 aliphatic rings. The van der Waals surface area contributed by atoms with E-state index in [0.717, 1.165) is 22.3 Å². The zero-order chi connectivity index (χ0) is 23.5. The molecule has 1 fully saturated rings. The largest absolute Gasteiger partial charge is 0.495 e. The number of methoxy groups -OCH3 is 1. The molecule has 0 spiro atoms. The lowest BCUT2D eigenvalue weighted by atomic mass is 10.0. The molecule has 4 rings (SSSR count). The maximum absolute atomic E-state index is 12.4. The van der Waals surface area contributed by atoms with Crippen molar-refractivity contribution in [3.05, 3.63) is 54.2 Å². The smallest absolute Gasteiger partial charge is 0.325 e. The topological polar surface area (TPSA) is 97.9 Å². The van der Waals surface area contributed by atoms with Crippen LogP contribution in [0.4, 0.5) is 11.4 Å². The number of carbonyl (C=O) groups is 2. The molecule has 3 N–H and O–H groups in total. The number of aromatic nitrogens is 1. The fourth-order valence-electron chi connectivity index (χ4n) is 4.33. The van der Waals surface area contributed by atoms with E-state index in [9.17, 15) is 14.7 Å². The molecule has 0 unspecified atom stereocenters. The maximum Gasteiger partial charge on any atom is 0.325 e. The quantitative estimate of drug-likeness (QED) is 0.508. The SMILES string of the molecule is COc1ccccc1N1CCN([C@H](C(=O)O)c2c[nH]c3ccc(NC(=O)C(C)C)cc23)CC1. The molecule has 33 heavy (non-hydrogen) atoms. The summed E-state index contributed by atoms with van der Waals surface area (Å²) in [6.07, 6.45) is 1.77. The second-order valence-electron chi connectivity index (χ2n) is 8.58. The van der Waals surface area contributed by atoms with Gasteiger partial charge >= 0.3 is 5.97 Å². The number of para-hydroxylation sites is 2. The Morgan fingerprint density at radius 1 is 1.09 bits per heavy atom. The number of nitrogens with zero attached hydrogens (tertiary/aromatic N) is 2. The number of aliphatic carboxylic acids is 1. The van der Waals surface area contributed by atoms with E-state index in [1.165, 1.54) is 0 Å². The Hall–Kier alpha value is -3.52. The standard InChI is InChI=1S/C25H30N4O4/c1-16(2)24(30)27-17-8-9-20-18(14-17)19(15-26-20)23(25(31)32)29-12-10-28(11-13-29)21-6-4-5-7-22(21)33-3/h4-9,14-16,23,26H,10-13H2,1-3H3,(H,27,30)(H,31,32)/t23-/m0/s1. The van der Waals surface area contributed by atoms with Crippen molar-refractivity contribution in [1.29, 1.82) is 0 Å². The predicted octanol–water partition coefficient (Wildman–Crippen LogP) is 3.72. The number of nitrogens with one attached hydrogen (secondary N) is 2. The molecule has 1 aliphatic heterocycles. The Kier molecular flexibility index (Phi) is 6.55. The van der Waals surface area contributed by atoms with Gasteiger partial charge in [0.1, 0.15) is 11.8 Å². The molecule has 0 saturated carbocycles. The molecule has 0 radical (unpaired) electrons. The highest BCUT2D eigenvalue weighted by Crippen LogP contribution is 2.33. The lowest BCUT2D eigenvalue weighted by Crippen LogP contribution is -2.49. The molecule has 1 amide bonds. The van der Waals surface area contributed by atoms with Crippen LogP contribution in [-0.2, 0) is 9.59 Å². The van der Waals surface area contributed by atoms with Gasteiger partial charge < -0.3 is 25.0 Å². The lowest BCUT2D eigenvalue weighted by Gasteiger charge is -2.39. The molecule has 3 aromatic rings. The minimum atomic E-state index is -0.890. The van der Waals surface area contributed by atoms with Crippen molar-refractivity contribution in [3.63, 3.8) is 0 Å². The summed E-state index contributed by atoms with van der Waals surface area (Å²) < 4.78 is 5.49. The number of anilines is 2. The molecule has 1 saturated heterocycles. The van der Waals surface area contributed by atoms with Crippen LogP contribution in [0.25, 0.3) is 10.9 Å². The van der Waals surface area contributed by atoms with Gasteiger partial charge in [-0.15, -0.1) is 0 Å². The number of rotatable bonds is 7. The number of carboxylic acid groups (broad SMARTS) is 1. The van der Waals surface area contributed by atoms with Crippen LogP contribution in [0.15, 0.2) is 48.7 Å². The lowest BCUT2D eigenvalue weighted by molar-refractivity contribution is -0.143. The molecule has 0 aliphatic carbocycles. The first-order valence-corrected chi connectivity index (χ1v) is 11.2. The number of hydrogen-bond donors (Lipinski definition) is 3. The number of aromatic amines is 1. The van der Waals surface area contributed by atoms with Gasteiger partial charge in [-0.3, -0.25) is 14.5 Å². The van der Waals surface area contributed by atoms with Gasteiger partial charge in [0.2, 0.25) is 5.91 Å². The third-order valence-corrected chi connectivity index (χ3v) is 6.14. The summed E-state index contributed by atoms with van der Waals surface area (Å²) in [5, 5.41) is 13.9. The highest BCUT2D eigenvalue weighted by atomic mass is 16.5. The Morgan fingerprint density at radius 2 is 1.82 bits per heavy atom. The van der Waals surface area contributed by atoms with Crippen LogP contribution in [0, 0.1) is 5.92 Å². The average Bonchev–Trinajstić information content (AvgIpc) is 3.22. The van der Waals surface area contributed by atoms with E-state index < -0.39 is 12.0 Å². The minimum absolute atomic E-state index is 0.0753. The number of fused-ring (bicyclic) bond motifs is 1. The highest BCUT2D eigenvalue weighted by Gasteiger charge is 2.32. The monoisotopic (exact) mass is 450 g/mol. The zero-order valence-electron chi connectivity index (χ0n) is 19.2. The van der Waals surface area contributed by atoms with E-state index in [2.05, 4.69) is 15.2 Å². The van der Waals surface area contributed by atoms with Crippen molar-refractivity contribution in [2.24, 2.45) is 5.92 Å². The molecule has 2 heterocycles. The molecule has 0 bridgehead atoms. The van der Waals surface area contributed by atoms with E-state index in [0.29, 0.717) is 37.4 Å². The molecule has 8 heteroatoms. The molecule has 1 atom stereocenters. The summed E-state index contributed by atoms with van der Waals surface area (Å²) in [7, 11) is 1.66. The fourth-order valence-corrected chi connectivity index (χ4v) is 4.33. The zero-order valence-corrected chi connectivity index (χ0v) is 19.2. The first-order valence-electron chi connectivity index (χ1n) is 11.2. The van der Waals surface area contributed by atoms with Gasteiger partial charge in [0.05, 0.1) is 12.8 Å². The first-order chi connectivity index (χ1) is 15.9. The third kappa shape index (κ3) is 4.66. The number of piperazine rings is 1. The summed E-state index contributed by atoms with van der Waals surface area (Å²) in [5.74, 6) is -0.294. The first kappa shape index (κ1) is 22.7. The Bertz CT molecular complexity index is 1150. The predicted molar refractivity (Wildman–Crippen MR) is 129 cm³/mol. The maximum atomic E-state index is 12.4. The number of ether oxygens (including phenoxy) is 1. The number of benzene rings is 2. The Balaban J connectivity index is 1.57. The number of H-pyrrole nitrogens is 1. The average molecular weight is 451 g/mol. The van der Waals surface area contributed by atoms with Crippen molar-refractivity contribution < 1.29 is 19.4 Å². The normalized spacial score (nSPS) is 15.6. The van der Waals surface area contributed by atoms with Gasteiger partial charge in [0.25, 0.3) is 0 Å². The molecule has 1 aromatic heterocycles. The second-order valence-corrected chi connectivity index (χ2v) is 8.58. The second kappa shape index (κ2) is 9.54. The van der Waals surface area contributed by atoms with Crippen LogP contribution in [0.5, 0.6) is 5.75 Å². The van der Waals surface area contributed by atoms with Gasteiger partial charge in [0, 0.05) is 60.4 Å². The van der Waals surface area contributed by atoms with E-state index in [1.54, 1.807) is 13.3 Å². The van der Waals surface area contributed by atoms with Gasteiger partial charge in [0.15, 0.2) is 0 Å². The van der Waals surface area contributed by atoms with E-state index >= 15 is 0 Å². The Labute approximate surface area is 193 Å².